The lowest BCUT2D eigenvalue weighted by molar-refractivity contribution is 0.393. The molecule has 1 aromatic carbocycles. The monoisotopic (exact) mass is 294 g/mol. The van der Waals surface area contributed by atoms with Crippen LogP contribution in [0.2, 0.25) is 0 Å². The van der Waals surface area contributed by atoms with Crippen LogP contribution in [0.15, 0.2) is 23.1 Å². The van der Waals surface area contributed by atoms with E-state index in [1.807, 2.05) is 12.1 Å². The highest BCUT2D eigenvalue weighted by Crippen LogP contribution is 2.29. The lowest BCUT2D eigenvalue weighted by atomic mass is 9.92. The first-order chi connectivity index (χ1) is 9.63. The first kappa shape index (κ1) is 14.0. The highest BCUT2D eigenvalue weighted by molar-refractivity contribution is 7.89. The molecule has 0 bridgehead atoms. The second-order valence-corrected chi connectivity index (χ2v) is 7.68. The van der Waals surface area contributed by atoms with E-state index in [9.17, 15) is 8.42 Å². The molecule has 110 valence electrons. The van der Waals surface area contributed by atoms with Gasteiger partial charge in [0.25, 0.3) is 0 Å². The van der Waals surface area contributed by atoms with Gasteiger partial charge in [-0.1, -0.05) is 6.07 Å². The average Bonchev–Trinajstić information content (AvgIpc) is 2.96. The number of rotatable bonds is 3. The summed E-state index contributed by atoms with van der Waals surface area (Å²) in [5.41, 5.74) is 8.22. The Labute approximate surface area is 121 Å². The molecule has 0 spiro atoms. The predicted octanol–water partition coefficient (Wildman–Crippen LogP) is 1.68. The van der Waals surface area contributed by atoms with E-state index in [1.54, 1.807) is 10.4 Å². The molecule has 0 aromatic heterocycles. The minimum atomic E-state index is -3.38. The molecule has 1 saturated heterocycles. The maximum absolute atomic E-state index is 12.8. The lowest BCUT2D eigenvalue weighted by Gasteiger charge is -2.24. The fourth-order valence-electron chi connectivity index (χ4n) is 3.37. The van der Waals surface area contributed by atoms with Gasteiger partial charge in [-0.3, -0.25) is 0 Å². The van der Waals surface area contributed by atoms with Crippen LogP contribution in [0.3, 0.4) is 0 Å². The van der Waals surface area contributed by atoms with Crippen LogP contribution < -0.4 is 5.73 Å². The number of hydrogen-bond acceptors (Lipinski definition) is 3. The summed E-state index contributed by atoms with van der Waals surface area (Å²) < 4.78 is 27.1. The molecule has 1 unspecified atom stereocenters. The van der Waals surface area contributed by atoms with E-state index >= 15 is 0 Å². The van der Waals surface area contributed by atoms with E-state index in [0.29, 0.717) is 18.0 Å². The standard InChI is InChI=1S/C15H22N2O2S/c16-11-14-6-3-9-17(14)20(18,19)15-8-7-12-4-1-2-5-13(12)10-15/h7-8,10,14H,1-6,9,11,16H2. The third-order valence-electron chi connectivity index (χ3n) is 4.52. The average molecular weight is 294 g/mol. The number of nitrogens with two attached hydrogens (primary N) is 1. The molecule has 5 heteroatoms. The quantitative estimate of drug-likeness (QED) is 0.922. The molecule has 20 heavy (non-hydrogen) atoms. The first-order valence-corrected chi connectivity index (χ1v) is 8.90. The van der Waals surface area contributed by atoms with Crippen LogP contribution in [-0.2, 0) is 22.9 Å². The number of nitrogens with zero attached hydrogens (tertiary/aromatic N) is 1. The van der Waals surface area contributed by atoms with Crippen LogP contribution in [0.25, 0.3) is 0 Å². The number of fused-ring (bicyclic) bond motifs is 1. The first-order valence-electron chi connectivity index (χ1n) is 7.46. The summed E-state index contributed by atoms with van der Waals surface area (Å²) >= 11 is 0. The second-order valence-electron chi connectivity index (χ2n) is 5.79. The Bertz CT molecular complexity index is 598. The molecule has 1 aliphatic carbocycles. The summed E-state index contributed by atoms with van der Waals surface area (Å²) in [6, 6.07) is 5.62. The van der Waals surface area contributed by atoms with Crippen molar-refractivity contribution in [3.8, 4) is 0 Å². The van der Waals surface area contributed by atoms with Crippen molar-refractivity contribution in [1.29, 1.82) is 0 Å². The Balaban J connectivity index is 1.95. The van der Waals surface area contributed by atoms with Gasteiger partial charge in [0.15, 0.2) is 0 Å². The van der Waals surface area contributed by atoms with Gasteiger partial charge in [0.1, 0.15) is 0 Å². The highest BCUT2D eigenvalue weighted by Gasteiger charge is 2.34. The molecule has 1 aromatic rings. The van der Waals surface area contributed by atoms with Crippen molar-refractivity contribution in [3.63, 3.8) is 0 Å². The summed E-state index contributed by atoms with van der Waals surface area (Å²) in [7, 11) is -3.38. The second kappa shape index (κ2) is 5.47. The van der Waals surface area contributed by atoms with Crippen LogP contribution in [0.5, 0.6) is 0 Å². The maximum Gasteiger partial charge on any atom is 0.243 e. The van der Waals surface area contributed by atoms with Gasteiger partial charge in [0.05, 0.1) is 4.90 Å². The SMILES string of the molecule is NCC1CCCN1S(=O)(=O)c1ccc2c(c1)CCCC2. The Morgan fingerprint density at radius 3 is 2.65 bits per heavy atom. The molecular formula is C15H22N2O2S. The van der Waals surface area contributed by atoms with Crippen molar-refractivity contribution < 1.29 is 8.42 Å². The molecule has 2 aliphatic rings. The van der Waals surface area contributed by atoms with Crippen molar-refractivity contribution in [2.24, 2.45) is 5.73 Å². The van der Waals surface area contributed by atoms with Crippen molar-refractivity contribution >= 4 is 10.0 Å². The summed E-state index contributed by atoms with van der Waals surface area (Å²) in [5.74, 6) is 0. The van der Waals surface area contributed by atoms with Crippen LogP contribution in [0, 0.1) is 0 Å². The van der Waals surface area contributed by atoms with Gasteiger partial charge in [-0.25, -0.2) is 8.42 Å². The number of benzene rings is 1. The Kier molecular flexibility index (Phi) is 3.84. The fraction of sp³-hybridized carbons (Fsp3) is 0.600. The van der Waals surface area contributed by atoms with Gasteiger partial charge >= 0.3 is 0 Å². The Morgan fingerprint density at radius 2 is 1.90 bits per heavy atom. The van der Waals surface area contributed by atoms with Crippen LogP contribution in [-0.4, -0.2) is 31.9 Å². The summed E-state index contributed by atoms with van der Waals surface area (Å²) in [4.78, 5) is 0.443. The van der Waals surface area contributed by atoms with E-state index in [1.165, 1.54) is 17.5 Å². The van der Waals surface area contributed by atoms with Crippen molar-refractivity contribution in [3.05, 3.63) is 29.3 Å². The van der Waals surface area contributed by atoms with Crippen molar-refractivity contribution in [2.45, 2.75) is 49.5 Å². The Morgan fingerprint density at radius 1 is 1.15 bits per heavy atom. The van der Waals surface area contributed by atoms with E-state index in [-0.39, 0.29) is 6.04 Å². The molecule has 1 atom stereocenters. The zero-order chi connectivity index (χ0) is 14.2. The normalized spacial score (nSPS) is 23.8. The predicted molar refractivity (Wildman–Crippen MR) is 79.1 cm³/mol. The smallest absolute Gasteiger partial charge is 0.243 e. The van der Waals surface area contributed by atoms with Gasteiger partial charge in [0, 0.05) is 19.1 Å². The van der Waals surface area contributed by atoms with E-state index in [2.05, 4.69) is 0 Å². The van der Waals surface area contributed by atoms with Crippen LogP contribution >= 0.6 is 0 Å². The van der Waals surface area contributed by atoms with E-state index < -0.39 is 10.0 Å². The van der Waals surface area contributed by atoms with Gasteiger partial charge < -0.3 is 5.73 Å². The number of aryl methyl sites for hydroxylation is 2. The maximum atomic E-state index is 12.8. The lowest BCUT2D eigenvalue weighted by Crippen LogP contribution is -2.39. The van der Waals surface area contributed by atoms with Crippen LogP contribution in [0.1, 0.15) is 36.8 Å². The third-order valence-corrected chi connectivity index (χ3v) is 6.47. The van der Waals surface area contributed by atoms with Gasteiger partial charge in [-0.05, 0) is 61.8 Å². The molecule has 0 radical (unpaired) electrons. The van der Waals surface area contributed by atoms with Gasteiger partial charge in [-0.15, -0.1) is 0 Å². The van der Waals surface area contributed by atoms with Crippen molar-refractivity contribution in [2.75, 3.05) is 13.1 Å². The summed E-state index contributed by atoms with van der Waals surface area (Å²) in [5, 5.41) is 0. The zero-order valence-corrected chi connectivity index (χ0v) is 12.5. The molecule has 1 aliphatic heterocycles. The largest absolute Gasteiger partial charge is 0.329 e. The minimum absolute atomic E-state index is 0.0315. The Hall–Kier alpha value is -0.910. The molecule has 0 saturated carbocycles. The molecule has 2 N–H and O–H groups in total. The van der Waals surface area contributed by atoms with E-state index in [4.69, 9.17) is 5.73 Å². The number of sulfonamides is 1. The van der Waals surface area contributed by atoms with E-state index in [0.717, 1.165) is 32.1 Å². The molecule has 3 rings (SSSR count). The van der Waals surface area contributed by atoms with Crippen LogP contribution in [0.4, 0.5) is 0 Å². The summed E-state index contributed by atoms with van der Waals surface area (Å²) in [6.45, 7) is 1.01. The van der Waals surface area contributed by atoms with Gasteiger partial charge in [0.2, 0.25) is 10.0 Å². The zero-order valence-electron chi connectivity index (χ0n) is 11.7. The van der Waals surface area contributed by atoms with Gasteiger partial charge in [-0.2, -0.15) is 4.31 Å². The topological polar surface area (TPSA) is 63.4 Å². The molecule has 4 nitrogen and oxygen atoms in total. The summed E-state index contributed by atoms with van der Waals surface area (Å²) in [6.07, 6.45) is 6.22. The fourth-order valence-corrected chi connectivity index (χ4v) is 5.12. The molecular weight excluding hydrogens is 272 g/mol. The minimum Gasteiger partial charge on any atom is -0.329 e. The molecule has 0 amide bonds. The molecule has 1 heterocycles. The number of hydrogen-bond donors (Lipinski definition) is 1. The third kappa shape index (κ3) is 2.38. The highest BCUT2D eigenvalue weighted by atomic mass is 32.2. The van der Waals surface area contributed by atoms with Crippen molar-refractivity contribution in [1.82, 2.24) is 4.31 Å². The molecule has 1 fully saturated rings.